The first-order valence-corrected chi connectivity index (χ1v) is 34.7. The van der Waals surface area contributed by atoms with E-state index in [9.17, 15) is 0 Å². The van der Waals surface area contributed by atoms with E-state index in [1.165, 1.54) is 0 Å². The van der Waals surface area contributed by atoms with Crippen LogP contribution in [-0.4, -0.2) is 29.9 Å². The van der Waals surface area contributed by atoms with Gasteiger partial charge in [-0.2, -0.15) is 0 Å². The lowest BCUT2D eigenvalue weighted by molar-refractivity contribution is 1.24. The van der Waals surface area contributed by atoms with Crippen molar-refractivity contribution in [1.82, 2.24) is 29.9 Å². The summed E-state index contributed by atoms with van der Waals surface area (Å²) in [6, 6.07) is 117. The molecule has 0 spiro atoms. The highest BCUT2D eigenvalue weighted by molar-refractivity contribution is 6.18. The van der Waals surface area contributed by atoms with Crippen LogP contribution in [0.2, 0.25) is 0 Å². The molecule has 6 nitrogen and oxygen atoms in total. The maximum Gasteiger partial charge on any atom is 0.0886 e. The first kappa shape index (κ1) is 64.0. The van der Waals surface area contributed by atoms with Gasteiger partial charge in [-0.05, 0) is 180 Å². The van der Waals surface area contributed by atoms with Gasteiger partial charge in [0.1, 0.15) is 0 Å². The minimum Gasteiger partial charge on any atom is -0.256 e. The van der Waals surface area contributed by atoms with Gasteiger partial charge in [0.2, 0.25) is 0 Å². The van der Waals surface area contributed by atoms with Crippen LogP contribution in [-0.2, 0) is 0 Å². The molecule has 6 heteroatoms. The molecule has 0 aliphatic rings. The van der Waals surface area contributed by atoms with Crippen molar-refractivity contribution in [3.63, 3.8) is 0 Å². The summed E-state index contributed by atoms with van der Waals surface area (Å²) >= 11 is 0. The Balaban J connectivity index is 0.924. The van der Waals surface area contributed by atoms with Gasteiger partial charge >= 0.3 is 0 Å². The first-order chi connectivity index (χ1) is 51.0. The number of benzene rings is 10. The molecule has 0 saturated heterocycles. The number of aromatic nitrogens is 6. The number of nitrogens with zero attached hydrogens (tertiary/aromatic N) is 6. The van der Waals surface area contributed by atoms with Crippen LogP contribution < -0.4 is 0 Å². The van der Waals surface area contributed by atoms with Crippen LogP contribution in [0.5, 0.6) is 0 Å². The molecule has 6 heterocycles. The van der Waals surface area contributed by atoms with Gasteiger partial charge < -0.3 is 0 Å². The summed E-state index contributed by atoms with van der Waals surface area (Å²) in [5.74, 6) is 0. The fourth-order valence-corrected chi connectivity index (χ4v) is 13.9. The lowest BCUT2D eigenvalue weighted by atomic mass is 9.82. The van der Waals surface area contributed by atoms with E-state index in [-0.39, 0.29) is 0 Å². The smallest absolute Gasteiger partial charge is 0.0886 e. The molecular formula is C97H68N6. The molecule has 486 valence electrons. The molecule has 0 radical (unpaired) electrons. The lowest BCUT2D eigenvalue weighted by Gasteiger charge is -2.22. The predicted octanol–water partition coefficient (Wildman–Crippen LogP) is 24.9. The molecule has 10 aromatic carbocycles. The minimum absolute atomic E-state index is 0.760. The maximum atomic E-state index is 5.25. The number of pyridine rings is 6. The number of hydrogen-bond acceptors (Lipinski definition) is 6. The third kappa shape index (κ3) is 13.6. The highest BCUT2D eigenvalue weighted by Crippen LogP contribution is 2.47. The Hall–Kier alpha value is -13.7. The van der Waals surface area contributed by atoms with Crippen LogP contribution in [0.25, 0.3) is 162 Å². The van der Waals surface area contributed by atoms with Crippen LogP contribution in [0.1, 0.15) is 23.6 Å². The Morgan fingerprint density at radius 1 is 0.233 bits per heavy atom. The molecular weight excluding hydrogens is 1250 g/mol. The first-order valence-electron chi connectivity index (χ1n) is 34.7. The monoisotopic (exact) mass is 1320 g/mol. The Labute approximate surface area is 601 Å². The summed E-state index contributed by atoms with van der Waals surface area (Å²) in [5, 5.41) is 0. The predicted molar refractivity (Wildman–Crippen MR) is 427 cm³/mol. The summed E-state index contributed by atoms with van der Waals surface area (Å²) in [4.78, 5) is 30.3. The molecule has 0 bridgehead atoms. The second-order valence-corrected chi connectivity index (χ2v) is 25.3. The van der Waals surface area contributed by atoms with Crippen molar-refractivity contribution in [2.75, 3.05) is 0 Å². The molecule has 0 amide bonds. The highest BCUT2D eigenvalue weighted by Gasteiger charge is 2.23. The molecule has 0 N–H and O–H groups in total. The molecule has 0 aliphatic carbocycles. The fraction of sp³-hybridized carbons (Fsp3) is 0.0103. The molecule has 103 heavy (non-hydrogen) atoms. The largest absolute Gasteiger partial charge is 0.256 e. The topological polar surface area (TPSA) is 77.3 Å². The van der Waals surface area contributed by atoms with E-state index >= 15 is 0 Å². The van der Waals surface area contributed by atoms with E-state index in [0.29, 0.717) is 0 Å². The molecule has 0 atom stereocenters. The zero-order chi connectivity index (χ0) is 69.3. The Morgan fingerprint density at radius 2 is 0.524 bits per heavy atom. The Bertz CT molecular complexity index is 5450. The summed E-state index contributed by atoms with van der Waals surface area (Å²) in [6.07, 6.45) is 16.1. The molecule has 16 rings (SSSR count). The third-order valence-electron chi connectivity index (χ3n) is 19.0. The summed E-state index contributed by atoms with van der Waals surface area (Å²) in [6.45, 7) is 6.93. The van der Waals surface area contributed by atoms with Crippen LogP contribution >= 0.6 is 0 Å². The van der Waals surface area contributed by atoms with Crippen molar-refractivity contribution >= 4 is 16.7 Å². The van der Waals surface area contributed by atoms with Crippen LogP contribution in [0.4, 0.5) is 0 Å². The van der Waals surface area contributed by atoms with Gasteiger partial charge in [0, 0.05) is 87.3 Å². The van der Waals surface area contributed by atoms with E-state index in [1.807, 2.05) is 85.7 Å². The Morgan fingerprint density at radius 3 is 0.806 bits per heavy atom. The zero-order valence-corrected chi connectivity index (χ0v) is 56.8. The quantitative estimate of drug-likeness (QED) is 0.0797. The average molecular weight is 1320 g/mol. The molecule has 0 unspecified atom stereocenters. The lowest BCUT2D eigenvalue weighted by Crippen LogP contribution is -2.00. The van der Waals surface area contributed by atoms with Crippen LogP contribution in [0.3, 0.4) is 0 Å². The van der Waals surface area contributed by atoms with Crippen molar-refractivity contribution in [3.8, 4) is 145 Å². The van der Waals surface area contributed by atoms with E-state index < -0.39 is 0 Å². The second kappa shape index (κ2) is 29.4. The zero-order valence-electron chi connectivity index (χ0n) is 56.8. The molecule has 16 aromatic rings. The van der Waals surface area contributed by atoms with Crippen molar-refractivity contribution in [3.05, 3.63) is 406 Å². The van der Waals surface area contributed by atoms with Gasteiger partial charge in [-0.15, -0.1) is 0 Å². The van der Waals surface area contributed by atoms with Crippen LogP contribution in [0, 0.1) is 0 Å². The van der Waals surface area contributed by atoms with Gasteiger partial charge in [-0.25, -0.2) is 0 Å². The van der Waals surface area contributed by atoms with Gasteiger partial charge in [-0.1, -0.05) is 274 Å². The SMILES string of the molecule is C=C/C(=C(\C(=C/C)c1cc(-c2ccccc2-c2ccc(-c3ccccc3)nc2)cc(-c2ccccc2-c2ccc(-c3ccccc3)nc2)c1)c1ccc(-c2ccccn2)nc1)c1cc(-c2ccccc2-c2ccc(-c3ccccc3)nc2)cc(-c2ccccc2-c2ccc(-c3ccccc3)nc2)c1. The standard InChI is InChI=1S/C97H68N6/c1-3-81(75-55-77(87-39-21-17-35-83(87)70-44-49-91(99-61-70)66-27-9-5-10-28-66)59-78(56-75)88-40-22-18-36-84(88)71-45-50-92(100-62-71)67-29-11-6-12-30-67)97(74-48-53-96(103-65-74)95-43-25-26-54-98-95)82(4-2)76-57-79(89-41-23-19-37-85(89)72-46-51-93(101-63-72)68-31-13-7-14-32-68)60-80(58-76)90-42-24-20-38-86(90)73-47-52-94(102-64-73)69-33-15-8-16-34-69/h3-65H,1H2,2H3/b82-4-,97-81+. The normalized spacial score (nSPS) is 11.6. The average Bonchev–Trinajstić information content (AvgIpc) is 0.755. The number of rotatable bonds is 18. The Kier molecular flexibility index (Phi) is 18.3. The van der Waals surface area contributed by atoms with Crippen molar-refractivity contribution in [2.45, 2.75) is 6.92 Å². The van der Waals surface area contributed by atoms with E-state index in [2.05, 4.69) is 304 Å². The van der Waals surface area contributed by atoms with E-state index in [0.717, 1.165) is 179 Å². The van der Waals surface area contributed by atoms with Gasteiger partial charge in [0.25, 0.3) is 0 Å². The van der Waals surface area contributed by atoms with Crippen molar-refractivity contribution in [1.29, 1.82) is 0 Å². The third-order valence-corrected chi connectivity index (χ3v) is 19.0. The molecule has 0 saturated carbocycles. The maximum absolute atomic E-state index is 5.25. The molecule has 0 fully saturated rings. The van der Waals surface area contributed by atoms with Crippen molar-refractivity contribution < 1.29 is 0 Å². The molecule has 6 aromatic heterocycles. The summed E-state index contributed by atoms with van der Waals surface area (Å²) in [5.41, 5.74) is 31.6. The van der Waals surface area contributed by atoms with Gasteiger partial charge in [0.15, 0.2) is 0 Å². The molecule has 0 aliphatic heterocycles. The summed E-state index contributed by atoms with van der Waals surface area (Å²) in [7, 11) is 0. The van der Waals surface area contributed by atoms with E-state index in [4.69, 9.17) is 36.5 Å². The van der Waals surface area contributed by atoms with Gasteiger partial charge in [0.05, 0.1) is 34.2 Å². The highest BCUT2D eigenvalue weighted by atomic mass is 14.8. The summed E-state index contributed by atoms with van der Waals surface area (Å²) < 4.78 is 0. The van der Waals surface area contributed by atoms with E-state index in [1.54, 1.807) is 0 Å². The number of hydrogen-bond donors (Lipinski definition) is 0. The minimum atomic E-state index is 0.760. The van der Waals surface area contributed by atoms with Crippen molar-refractivity contribution in [2.24, 2.45) is 0 Å². The van der Waals surface area contributed by atoms with Gasteiger partial charge in [-0.3, -0.25) is 29.9 Å². The second-order valence-electron chi connectivity index (χ2n) is 25.3. The van der Waals surface area contributed by atoms with Crippen LogP contribution in [0.15, 0.2) is 390 Å². The number of allylic oxidation sites excluding steroid dienone is 5. The fourth-order valence-electron chi connectivity index (χ4n) is 13.9.